The number of carbonyl (C=O) groups excluding carboxylic acids is 1. The molecule has 0 heterocycles. The molecule has 1 fully saturated rings. The van der Waals surface area contributed by atoms with Crippen LogP contribution in [0.25, 0.3) is 0 Å². The summed E-state index contributed by atoms with van der Waals surface area (Å²) in [5, 5.41) is 12.7. The van der Waals surface area contributed by atoms with Crippen LogP contribution >= 0.6 is 11.8 Å². The van der Waals surface area contributed by atoms with E-state index in [0.29, 0.717) is 11.7 Å². The molecule has 0 aliphatic heterocycles. The minimum atomic E-state index is -0.871. The van der Waals surface area contributed by atoms with Crippen molar-refractivity contribution in [3.05, 3.63) is 0 Å². The Morgan fingerprint density at radius 2 is 2.24 bits per heavy atom. The zero-order chi connectivity index (χ0) is 12.9. The van der Waals surface area contributed by atoms with Crippen molar-refractivity contribution >= 4 is 17.7 Å². The van der Waals surface area contributed by atoms with Crippen LogP contribution in [-0.4, -0.2) is 23.0 Å². The Hall–Kier alpha value is -0.690. The summed E-state index contributed by atoms with van der Waals surface area (Å²) < 4.78 is 0. The molecule has 0 aromatic heterocycles. The van der Waals surface area contributed by atoms with Crippen LogP contribution in [0.2, 0.25) is 0 Å². The van der Waals surface area contributed by atoms with Crippen LogP contribution in [-0.2, 0) is 4.79 Å². The summed E-state index contributed by atoms with van der Waals surface area (Å²) in [7, 11) is 0. The highest BCUT2D eigenvalue weighted by Crippen LogP contribution is 2.31. The lowest BCUT2D eigenvalue weighted by Gasteiger charge is -2.25. The fraction of sp³-hybridized carbons (Fsp3) is 0.846. The zero-order valence-corrected chi connectivity index (χ0v) is 11.8. The maximum Gasteiger partial charge on any atom is 0.240 e. The molecule has 0 bridgehead atoms. The molecule has 3 nitrogen and oxygen atoms in total. The van der Waals surface area contributed by atoms with E-state index < -0.39 is 5.41 Å². The third-order valence-electron chi connectivity index (χ3n) is 3.60. The van der Waals surface area contributed by atoms with Crippen LogP contribution in [0.3, 0.4) is 0 Å². The van der Waals surface area contributed by atoms with Crippen molar-refractivity contribution in [2.24, 2.45) is 5.41 Å². The first kappa shape index (κ1) is 14.4. The van der Waals surface area contributed by atoms with Gasteiger partial charge in [0.05, 0.1) is 6.07 Å². The predicted octanol–water partition coefficient (Wildman–Crippen LogP) is 2.72. The van der Waals surface area contributed by atoms with Gasteiger partial charge < -0.3 is 5.32 Å². The van der Waals surface area contributed by atoms with Crippen molar-refractivity contribution in [3.8, 4) is 6.07 Å². The molecule has 4 heteroatoms. The molecule has 1 saturated carbocycles. The fourth-order valence-electron chi connectivity index (χ4n) is 2.12. The molecule has 0 saturated heterocycles. The van der Waals surface area contributed by atoms with Gasteiger partial charge in [-0.15, -0.1) is 0 Å². The predicted molar refractivity (Wildman–Crippen MR) is 71.7 cm³/mol. The molecule has 1 aliphatic carbocycles. The summed E-state index contributed by atoms with van der Waals surface area (Å²) in [5.74, 6) is 0.983. The van der Waals surface area contributed by atoms with E-state index in [9.17, 15) is 4.79 Å². The summed E-state index contributed by atoms with van der Waals surface area (Å²) >= 11 is 1.92. The van der Waals surface area contributed by atoms with E-state index in [2.05, 4.69) is 18.3 Å². The van der Waals surface area contributed by atoms with Crippen molar-refractivity contribution < 1.29 is 4.79 Å². The second kappa shape index (κ2) is 6.30. The molecule has 0 spiro atoms. The van der Waals surface area contributed by atoms with E-state index in [1.807, 2.05) is 18.7 Å². The molecule has 0 radical (unpaired) electrons. The smallest absolute Gasteiger partial charge is 0.240 e. The number of thioether (sulfide) groups is 1. The monoisotopic (exact) mass is 254 g/mol. The molecule has 1 N–H and O–H groups in total. The van der Waals surface area contributed by atoms with E-state index in [1.54, 1.807) is 6.92 Å². The first-order valence-electron chi connectivity index (χ1n) is 6.41. The topological polar surface area (TPSA) is 52.9 Å². The molecule has 3 unspecified atom stereocenters. The summed E-state index contributed by atoms with van der Waals surface area (Å²) in [4.78, 5) is 12.1. The van der Waals surface area contributed by atoms with E-state index in [1.165, 1.54) is 12.8 Å². The van der Waals surface area contributed by atoms with Gasteiger partial charge in [0.25, 0.3) is 0 Å². The van der Waals surface area contributed by atoms with Gasteiger partial charge >= 0.3 is 0 Å². The van der Waals surface area contributed by atoms with Crippen LogP contribution in [0.4, 0.5) is 0 Å². The van der Waals surface area contributed by atoms with Gasteiger partial charge in [-0.2, -0.15) is 17.0 Å². The van der Waals surface area contributed by atoms with Gasteiger partial charge in [-0.05, 0) is 31.9 Å². The Labute approximate surface area is 108 Å². The zero-order valence-electron chi connectivity index (χ0n) is 11.0. The highest BCUT2D eigenvalue weighted by Gasteiger charge is 2.36. The molecule has 1 amide bonds. The van der Waals surface area contributed by atoms with Crippen LogP contribution < -0.4 is 5.32 Å². The summed E-state index contributed by atoms with van der Waals surface area (Å²) in [6.07, 6.45) is 3.97. The Kier molecular flexibility index (Phi) is 5.32. The molecule has 3 atom stereocenters. The maximum atomic E-state index is 12.1. The van der Waals surface area contributed by atoms with Gasteiger partial charge in [0.1, 0.15) is 5.41 Å². The number of nitrogens with zero attached hydrogens (tertiary/aromatic N) is 1. The quantitative estimate of drug-likeness (QED) is 0.820. The third kappa shape index (κ3) is 3.38. The summed E-state index contributed by atoms with van der Waals surface area (Å²) in [6.45, 7) is 5.75. The highest BCUT2D eigenvalue weighted by molar-refractivity contribution is 7.99. The number of carbonyl (C=O) groups is 1. The summed E-state index contributed by atoms with van der Waals surface area (Å²) in [6, 6.07) is 2.39. The second-order valence-electron chi connectivity index (χ2n) is 4.80. The molecular weight excluding hydrogens is 232 g/mol. The number of amides is 1. The Balaban J connectivity index is 2.59. The lowest BCUT2D eigenvalue weighted by molar-refractivity contribution is -0.128. The van der Waals surface area contributed by atoms with Gasteiger partial charge in [0.15, 0.2) is 0 Å². The average Bonchev–Trinajstić information content (AvgIpc) is 2.76. The van der Waals surface area contributed by atoms with E-state index in [0.717, 1.165) is 12.2 Å². The van der Waals surface area contributed by atoms with Crippen molar-refractivity contribution in [2.75, 3.05) is 5.75 Å². The average molecular weight is 254 g/mol. The molecule has 0 aromatic rings. The minimum Gasteiger partial charge on any atom is -0.351 e. The van der Waals surface area contributed by atoms with Crippen LogP contribution in [0, 0.1) is 16.7 Å². The van der Waals surface area contributed by atoms with E-state index in [-0.39, 0.29) is 11.9 Å². The van der Waals surface area contributed by atoms with Crippen molar-refractivity contribution in [2.45, 2.75) is 57.7 Å². The minimum absolute atomic E-state index is 0.101. The number of nitriles is 1. The third-order valence-corrected chi connectivity index (χ3v) is 4.93. The van der Waals surface area contributed by atoms with Gasteiger partial charge in [-0.25, -0.2) is 0 Å². The molecular formula is C13H22N2OS. The molecule has 1 rings (SSSR count). The summed E-state index contributed by atoms with van der Waals surface area (Å²) in [5.41, 5.74) is -0.871. The molecule has 1 aliphatic rings. The van der Waals surface area contributed by atoms with Crippen LogP contribution in [0.1, 0.15) is 46.5 Å². The SMILES string of the molecule is CCSC1CCCC1NC(=O)C(C)(C#N)CC. The van der Waals surface area contributed by atoms with Crippen molar-refractivity contribution in [1.82, 2.24) is 5.32 Å². The number of hydrogen-bond acceptors (Lipinski definition) is 3. The fourth-order valence-corrected chi connectivity index (χ4v) is 3.32. The van der Waals surface area contributed by atoms with Crippen molar-refractivity contribution in [1.29, 1.82) is 5.26 Å². The molecule has 0 aromatic carbocycles. The van der Waals surface area contributed by atoms with Gasteiger partial charge in [-0.3, -0.25) is 4.79 Å². The first-order valence-corrected chi connectivity index (χ1v) is 7.46. The van der Waals surface area contributed by atoms with Crippen LogP contribution in [0.15, 0.2) is 0 Å². The number of nitrogens with one attached hydrogen (secondary N) is 1. The van der Waals surface area contributed by atoms with Crippen LogP contribution in [0.5, 0.6) is 0 Å². The Morgan fingerprint density at radius 3 is 2.76 bits per heavy atom. The second-order valence-corrected chi connectivity index (χ2v) is 6.32. The molecule has 96 valence electrons. The van der Waals surface area contributed by atoms with Crippen molar-refractivity contribution in [3.63, 3.8) is 0 Å². The largest absolute Gasteiger partial charge is 0.351 e. The maximum absolute atomic E-state index is 12.1. The standard InChI is InChI=1S/C13H22N2OS/c1-4-13(3,9-14)12(16)15-10-7-6-8-11(10)17-5-2/h10-11H,4-8H2,1-3H3,(H,15,16). The first-order chi connectivity index (χ1) is 8.07. The lowest BCUT2D eigenvalue weighted by Crippen LogP contribution is -2.45. The van der Waals surface area contributed by atoms with Gasteiger partial charge in [0, 0.05) is 11.3 Å². The Bertz CT molecular complexity index is 313. The van der Waals surface area contributed by atoms with Gasteiger partial charge in [-0.1, -0.05) is 20.3 Å². The number of rotatable bonds is 5. The van der Waals surface area contributed by atoms with Gasteiger partial charge in [0.2, 0.25) is 5.91 Å². The molecule has 17 heavy (non-hydrogen) atoms. The normalized spacial score (nSPS) is 27.2. The van der Waals surface area contributed by atoms with E-state index in [4.69, 9.17) is 5.26 Å². The lowest BCUT2D eigenvalue weighted by atomic mass is 9.88. The highest BCUT2D eigenvalue weighted by atomic mass is 32.2. The Morgan fingerprint density at radius 1 is 1.53 bits per heavy atom. The number of hydrogen-bond donors (Lipinski definition) is 1. The van der Waals surface area contributed by atoms with E-state index >= 15 is 0 Å².